The molecule has 0 spiro atoms. The van der Waals surface area contributed by atoms with Crippen LogP contribution in [0.4, 0.5) is 0 Å². The first-order chi connectivity index (χ1) is 11.7. The number of hydrogen-bond donors (Lipinski definition) is 2. The van der Waals surface area contributed by atoms with E-state index in [4.69, 9.17) is 10.5 Å². The second-order valence-electron chi connectivity index (χ2n) is 6.35. The fourth-order valence-corrected chi connectivity index (χ4v) is 3.17. The third kappa shape index (κ3) is 3.73. The van der Waals surface area contributed by atoms with Crippen molar-refractivity contribution in [2.45, 2.75) is 51.3 Å². The number of carbonyl (C=O) groups is 1. The SMILES string of the molecule is CCCO[C@@H]1C[C@@H](C(=O)NCc2nnc3ccccn23)CC[C@H]1N. The summed E-state index contributed by atoms with van der Waals surface area (Å²) in [4.78, 5) is 12.5. The van der Waals surface area contributed by atoms with Gasteiger partial charge in [0.1, 0.15) is 0 Å². The monoisotopic (exact) mass is 331 g/mol. The van der Waals surface area contributed by atoms with Crippen LogP contribution in [-0.4, -0.2) is 39.3 Å². The molecule has 1 saturated carbocycles. The molecule has 0 aliphatic heterocycles. The highest BCUT2D eigenvalue weighted by Gasteiger charge is 2.32. The lowest BCUT2D eigenvalue weighted by Gasteiger charge is -2.33. The third-order valence-corrected chi connectivity index (χ3v) is 4.55. The fourth-order valence-electron chi connectivity index (χ4n) is 3.17. The number of ether oxygens (including phenoxy) is 1. The van der Waals surface area contributed by atoms with E-state index in [-0.39, 0.29) is 24.0 Å². The maximum absolute atomic E-state index is 12.5. The molecule has 7 heteroatoms. The number of hydrogen-bond acceptors (Lipinski definition) is 5. The first-order valence-electron chi connectivity index (χ1n) is 8.62. The van der Waals surface area contributed by atoms with Crippen LogP contribution >= 0.6 is 0 Å². The van der Waals surface area contributed by atoms with Gasteiger partial charge in [-0.15, -0.1) is 10.2 Å². The van der Waals surface area contributed by atoms with E-state index < -0.39 is 0 Å². The lowest BCUT2D eigenvalue weighted by atomic mass is 9.83. The van der Waals surface area contributed by atoms with Crippen molar-refractivity contribution in [2.24, 2.45) is 11.7 Å². The zero-order valence-electron chi connectivity index (χ0n) is 14.0. The van der Waals surface area contributed by atoms with Crippen LogP contribution in [0.5, 0.6) is 0 Å². The number of fused-ring (bicyclic) bond motifs is 1. The summed E-state index contributed by atoms with van der Waals surface area (Å²) in [6.07, 6.45) is 5.14. The largest absolute Gasteiger partial charge is 0.377 e. The minimum absolute atomic E-state index is 0.0247. The minimum atomic E-state index is -0.0501. The molecule has 0 saturated heterocycles. The zero-order valence-corrected chi connectivity index (χ0v) is 14.0. The number of amides is 1. The molecule has 3 N–H and O–H groups in total. The van der Waals surface area contributed by atoms with Gasteiger partial charge in [0.15, 0.2) is 11.5 Å². The summed E-state index contributed by atoms with van der Waals surface area (Å²) in [7, 11) is 0. The summed E-state index contributed by atoms with van der Waals surface area (Å²) < 4.78 is 7.68. The normalized spacial score (nSPS) is 24.2. The van der Waals surface area contributed by atoms with E-state index in [1.54, 1.807) is 0 Å². The van der Waals surface area contributed by atoms with Crippen molar-refractivity contribution in [2.75, 3.05) is 6.61 Å². The highest BCUT2D eigenvalue weighted by atomic mass is 16.5. The summed E-state index contributed by atoms with van der Waals surface area (Å²) in [5.74, 6) is 0.718. The topological polar surface area (TPSA) is 94.5 Å². The molecule has 1 fully saturated rings. The number of nitrogens with zero attached hydrogens (tertiary/aromatic N) is 3. The summed E-state index contributed by atoms with van der Waals surface area (Å²) in [6, 6.07) is 5.74. The molecule has 2 heterocycles. The molecule has 3 atom stereocenters. The molecule has 0 radical (unpaired) electrons. The molecule has 24 heavy (non-hydrogen) atoms. The van der Waals surface area contributed by atoms with Gasteiger partial charge in [0.2, 0.25) is 5.91 Å². The molecule has 2 aromatic heterocycles. The van der Waals surface area contributed by atoms with Gasteiger partial charge in [-0.3, -0.25) is 9.20 Å². The van der Waals surface area contributed by atoms with E-state index in [0.717, 1.165) is 30.7 Å². The van der Waals surface area contributed by atoms with E-state index in [1.807, 2.05) is 28.8 Å². The summed E-state index contributed by atoms with van der Waals surface area (Å²) in [5, 5.41) is 11.2. The number of pyridine rings is 1. The predicted molar refractivity (Wildman–Crippen MR) is 90.2 cm³/mol. The maximum atomic E-state index is 12.5. The highest BCUT2D eigenvalue weighted by Crippen LogP contribution is 2.26. The van der Waals surface area contributed by atoms with E-state index >= 15 is 0 Å². The van der Waals surface area contributed by atoms with Gasteiger partial charge in [0.25, 0.3) is 0 Å². The van der Waals surface area contributed by atoms with Crippen molar-refractivity contribution < 1.29 is 9.53 Å². The number of nitrogens with two attached hydrogens (primary N) is 1. The highest BCUT2D eigenvalue weighted by molar-refractivity contribution is 5.78. The Bertz CT molecular complexity index is 686. The minimum Gasteiger partial charge on any atom is -0.377 e. The molecular weight excluding hydrogens is 306 g/mol. The van der Waals surface area contributed by atoms with Gasteiger partial charge in [0, 0.05) is 24.8 Å². The van der Waals surface area contributed by atoms with Crippen LogP contribution in [0.2, 0.25) is 0 Å². The molecule has 3 rings (SSSR count). The fraction of sp³-hybridized carbons (Fsp3) is 0.588. The molecule has 130 valence electrons. The number of aromatic nitrogens is 3. The summed E-state index contributed by atoms with van der Waals surface area (Å²) in [5.41, 5.74) is 6.89. The average molecular weight is 331 g/mol. The quantitative estimate of drug-likeness (QED) is 0.831. The Labute approximate surface area is 141 Å². The van der Waals surface area contributed by atoms with E-state index in [2.05, 4.69) is 22.4 Å². The third-order valence-electron chi connectivity index (χ3n) is 4.55. The van der Waals surface area contributed by atoms with Gasteiger partial charge in [-0.05, 0) is 37.8 Å². The van der Waals surface area contributed by atoms with Gasteiger partial charge in [-0.2, -0.15) is 0 Å². The Hall–Kier alpha value is -1.99. The average Bonchev–Trinajstić information content (AvgIpc) is 3.02. The number of nitrogens with one attached hydrogen (secondary N) is 1. The van der Waals surface area contributed by atoms with Crippen LogP contribution in [0.1, 0.15) is 38.4 Å². The Kier molecular flexibility index (Phi) is 5.42. The van der Waals surface area contributed by atoms with E-state index in [9.17, 15) is 4.79 Å². The smallest absolute Gasteiger partial charge is 0.223 e. The van der Waals surface area contributed by atoms with Crippen LogP contribution < -0.4 is 11.1 Å². The van der Waals surface area contributed by atoms with Crippen molar-refractivity contribution in [1.29, 1.82) is 0 Å². The Morgan fingerprint density at radius 3 is 3.12 bits per heavy atom. The van der Waals surface area contributed by atoms with Gasteiger partial charge in [-0.25, -0.2) is 0 Å². The van der Waals surface area contributed by atoms with Gasteiger partial charge in [-0.1, -0.05) is 13.0 Å². The van der Waals surface area contributed by atoms with Crippen molar-refractivity contribution in [3.8, 4) is 0 Å². The number of carbonyl (C=O) groups excluding carboxylic acids is 1. The van der Waals surface area contributed by atoms with Gasteiger partial charge < -0.3 is 15.8 Å². The molecule has 0 aromatic carbocycles. The van der Waals surface area contributed by atoms with Crippen molar-refractivity contribution in [3.05, 3.63) is 30.2 Å². The Balaban J connectivity index is 1.56. The predicted octanol–water partition coefficient (Wildman–Crippen LogP) is 1.27. The zero-order chi connectivity index (χ0) is 16.9. The van der Waals surface area contributed by atoms with E-state index in [1.165, 1.54) is 0 Å². The standard InChI is InChI=1S/C17H25N5O2/c1-2-9-24-14-10-12(6-7-13(14)18)17(23)19-11-16-21-20-15-5-3-4-8-22(15)16/h3-5,8,12-14H,2,6-7,9-11,18H2,1H3,(H,19,23)/t12-,13+,14+/m0/s1. The molecular formula is C17H25N5O2. The number of rotatable bonds is 6. The first kappa shape index (κ1) is 16.9. The molecule has 0 bridgehead atoms. The Morgan fingerprint density at radius 1 is 1.42 bits per heavy atom. The Morgan fingerprint density at radius 2 is 2.29 bits per heavy atom. The second kappa shape index (κ2) is 7.72. The molecule has 1 aliphatic carbocycles. The van der Waals surface area contributed by atoms with Crippen LogP contribution in [0.25, 0.3) is 5.65 Å². The molecule has 0 unspecified atom stereocenters. The first-order valence-corrected chi connectivity index (χ1v) is 8.62. The van der Waals surface area contributed by atoms with Crippen molar-refractivity contribution in [1.82, 2.24) is 19.9 Å². The molecule has 1 aliphatic rings. The van der Waals surface area contributed by atoms with Crippen molar-refractivity contribution in [3.63, 3.8) is 0 Å². The van der Waals surface area contributed by atoms with E-state index in [0.29, 0.717) is 19.6 Å². The lowest BCUT2D eigenvalue weighted by molar-refractivity contribution is -0.128. The second-order valence-corrected chi connectivity index (χ2v) is 6.35. The molecule has 7 nitrogen and oxygen atoms in total. The lowest BCUT2D eigenvalue weighted by Crippen LogP contribution is -2.45. The summed E-state index contributed by atoms with van der Waals surface area (Å²) >= 11 is 0. The van der Waals surface area contributed by atoms with Crippen molar-refractivity contribution >= 4 is 11.6 Å². The van der Waals surface area contributed by atoms with Crippen LogP contribution in [-0.2, 0) is 16.1 Å². The van der Waals surface area contributed by atoms with Crippen LogP contribution in [0.3, 0.4) is 0 Å². The van der Waals surface area contributed by atoms with Crippen LogP contribution in [0, 0.1) is 5.92 Å². The maximum Gasteiger partial charge on any atom is 0.223 e. The molecule has 1 amide bonds. The summed E-state index contributed by atoms with van der Waals surface area (Å²) in [6.45, 7) is 3.13. The van der Waals surface area contributed by atoms with Gasteiger partial charge >= 0.3 is 0 Å². The van der Waals surface area contributed by atoms with Crippen LogP contribution in [0.15, 0.2) is 24.4 Å². The van der Waals surface area contributed by atoms with Gasteiger partial charge in [0.05, 0.1) is 12.6 Å². The molecule has 2 aromatic rings.